The van der Waals surface area contributed by atoms with Crippen LogP contribution in [-0.4, -0.2) is 22.9 Å². The van der Waals surface area contributed by atoms with Crippen molar-refractivity contribution in [2.75, 3.05) is 18.1 Å². The molecule has 0 heterocycles. The standard InChI is InChI=1S/C15H17BrN2O2/c16-10-3-1-9(2-4-10)13-5-11(17)6-15(18)14(13)7-12(20)8-19/h1-6,12,19-20H,7-8,17-18H2. The van der Waals surface area contributed by atoms with Gasteiger partial charge in [0.1, 0.15) is 0 Å². The predicted molar refractivity (Wildman–Crippen MR) is 85.2 cm³/mol. The zero-order valence-electron chi connectivity index (χ0n) is 10.9. The first-order valence-electron chi connectivity index (χ1n) is 6.24. The second-order valence-corrected chi connectivity index (χ2v) is 5.60. The molecule has 1 unspecified atom stereocenters. The van der Waals surface area contributed by atoms with E-state index in [4.69, 9.17) is 16.6 Å². The van der Waals surface area contributed by atoms with Crippen LogP contribution in [0.1, 0.15) is 5.56 Å². The number of nitrogen functional groups attached to an aromatic ring is 2. The molecule has 1 atom stereocenters. The van der Waals surface area contributed by atoms with Crippen LogP contribution < -0.4 is 11.5 Å². The van der Waals surface area contributed by atoms with E-state index in [1.165, 1.54) is 0 Å². The van der Waals surface area contributed by atoms with Gasteiger partial charge in [-0.2, -0.15) is 0 Å². The van der Waals surface area contributed by atoms with Crippen LogP contribution >= 0.6 is 15.9 Å². The lowest BCUT2D eigenvalue weighted by Crippen LogP contribution is -2.17. The third kappa shape index (κ3) is 3.30. The summed E-state index contributed by atoms with van der Waals surface area (Å²) in [5, 5.41) is 18.7. The van der Waals surface area contributed by atoms with Crippen molar-refractivity contribution in [1.29, 1.82) is 0 Å². The van der Waals surface area contributed by atoms with Crippen molar-refractivity contribution in [2.45, 2.75) is 12.5 Å². The van der Waals surface area contributed by atoms with Crippen LogP contribution in [0.15, 0.2) is 40.9 Å². The molecule has 0 amide bonds. The molecule has 6 N–H and O–H groups in total. The van der Waals surface area contributed by atoms with Crippen LogP contribution in [-0.2, 0) is 6.42 Å². The van der Waals surface area contributed by atoms with Crippen molar-refractivity contribution in [3.63, 3.8) is 0 Å². The Morgan fingerprint density at radius 2 is 1.75 bits per heavy atom. The molecule has 20 heavy (non-hydrogen) atoms. The van der Waals surface area contributed by atoms with Crippen LogP contribution in [0.3, 0.4) is 0 Å². The van der Waals surface area contributed by atoms with E-state index >= 15 is 0 Å². The Hall–Kier alpha value is -1.56. The molecule has 0 saturated heterocycles. The van der Waals surface area contributed by atoms with E-state index in [1.807, 2.05) is 30.3 Å². The lowest BCUT2D eigenvalue weighted by Gasteiger charge is -2.16. The summed E-state index contributed by atoms with van der Waals surface area (Å²) >= 11 is 3.39. The van der Waals surface area contributed by atoms with Crippen molar-refractivity contribution >= 4 is 27.3 Å². The van der Waals surface area contributed by atoms with E-state index in [0.29, 0.717) is 11.4 Å². The zero-order chi connectivity index (χ0) is 14.7. The van der Waals surface area contributed by atoms with Crippen molar-refractivity contribution in [1.82, 2.24) is 0 Å². The van der Waals surface area contributed by atoms with Crippen molar-refractivity contribution in [2.24, 2.45) is 0 Å². The summed E-state index contributed by atoms with van der Waals surface area (Å²) in [7, 11) is 0. The largest absolute Gasteiger partial charge is 0.399 e. The highest BCUT2D eigenvalue weighted by Gasteiger charge is 2.14. The highest BCUT2D eigenvalue weighted by molar-refractivity contribution is 9.10. The van der Waals surface area contributed by atoms with Gasteiger partial charge in [-0.15, -0.1) is 0 Å². The quantitative estimate of drug-likeness (QED) is 0.644. The van der Waals surface area contributed by atoms with Gasteiger partial charge in [0.2, 0.25) is 0 Å². The number of anilines is 2. The third-order valence-corrected chi connectivity index (χ3v) is 3.64. The van der Waals surface area contributed by atoms with Crippen LogP contribution in [0, 0.1) is 0 Å². The first-order valence-corrected chi connectivity index (χ1v) is 7.03. The first-order chi connectivity index (χ1) is 9.51. The van der Waals surface area contributed by atoms with Crippen LogP contribution in [0.5, 0.6) is 0 Å². The molecule has 106 valence electrons. The minimum Gasteiger partial charge on any atom is -0.399 e. The molecule has 2 rings (SSSR count). The number of hydrogen-bond donors (Lipinski definition) is 4. The Bertz CT molecular complexity index is 600. The minimum absolute atomic E-state index is 0.286. The summed E-state index contributed by atoms with van der Waals surface area (Å²) in [6.45, 7) is -0.302. The molecule has 4 nitrogen and oxygen atoms in total. The predicted octanol–water partition coefficient (Wildman–Crippen LogP) is 2.18. The molecule has 0 saturated carbocycles. The minimum atomic E-state index is -0.838. The van der Waals surface area contributed by atoms with Crippen molar-refractivity contribution < 1.29 is 10.2 Å². The van der Waals surface area contributed by atoms with E-state index < -0.39 is 6.10 Å². The second kappa shape index (κ2) is 6.26. The van der Waals surface area contributed by atoms with Gasteiger partial charge in [0, 0.05) is 22.3 Å². The summed E-state index contributed by atoms with van der Waals surface area (Å²) in [4.78, 5) is 0. The molecule has 0 bridgehead atoms. The number of aliphatic hydroxyl groups excluding tert-OH is 2. The van der Waals surface area contributed by atoms with Gasteiger partial charge in [0.05, 0.1) is 12.7 Å². The van der Waals surface area contributed by atoms with Gasteiger partial charge in [-0.25, -0.2) is 0 Å². The molecule has 0 aliphatic carbocycles. The average molecular weight is 337 g/mol. The number of aliphatic hydroxyl groups is 2. The molecule has 2 aromatic carbocycles. The Balaban J connectivity index is 2.52. The number of halogens is 1. The number of hydrogen-bond acceptors (Lipinski definition) is 4. The van der Waals surface area contributed by atoms with Crippen LogP contribution in [0.25, 0.3) is 11.1 Å². The van der Waals surface area contributed by atoms with E-state index in [0.717, 1.165) is 21.2 Å². The fraction of sp³-hybridized carbons (Fsp3) is 0.200. The summed E-state index contributed by atoms with van der Waals surface area (Å²) in [6.07, 6.45) is -0.552. The molecule has 0 fully saturated rings. The van der Waals surface area contributed by atoms with E-state index in [-0.39, 0.29) is 13.0 Å². The Morgan fingerprint density at radius 1 is 1.10 bits per heavy atom. The lowest BCUT2D eigenvalue weighted by molar-refractivity contribution is 0.0957. The van der Waals surface area contributed by atoms with Gasteiger partial charge >= 0.3 is 0 Å². The van der Waals surface area contributed by atoms with E-state index in [1.54, 1.807) is 6.07 Å². The molecule has 5 heteroatoms. The molecule has 0 radical (unpaired) electrons. The SMILES string of the molecule is Nc1cc(N)c(CC(O)CO)c(-c2ccc(Br)cc2)c1. The third-order valence-electron chi connectivity index (χ3n) is 3.11. The maximum absolute atomic E-state index is 9.68. The van der Waals surface area contributed by atoms with Gasteiger partial charge in [-0.3, -0.25) is 0 Å². The highest BCUT2D eigenvalue weighted by atomic mass is 79.9. The van der Waals surface area contributed by atoms with Crippen LogP contribution in [0.4, 0.5) is 11.4 Å². The molecule has 0 aromatic heterocycles. The van der Waals surface area contributed by atoms with Gasteiger partial charge in [0.25, 0.3) is 0 Å². The van der Waals surface area contributed by atoms with Crippen molar-refractivity contribution in [3.8, 4) is 11.1 Å². The monoisotopic (exact) mass is 336 g/mol. The highest BCUT2D eigenvalue weighted by Crippen LogP contribution is 2.32. The van der Waals surface area contributed by atoms with Crippen molar-refractivity contribution in [3.05, 3.63) is 46.4 Å². The fourth-order valence-electron chi connectivity index (χ4n) is 2.13. The van der Waals surface area contributed by atoms with Gasteiger partial charge in [0.15, 0.2) is 0 Å². The maximum Gasteiger partial charge on any atom is 0.0812 e. The average Bonchev–Trinajstić information content (AvgIpc) is 2.42. The summed E-state index contributed by atoms with van der Waals surface area (Å²) in [5.41, 5.74) is 15.6. The maximum atomic E-state index is 9.68. The number of benzene rings is 2. The van der Waals surface area contributed by atoms with Gasteiger partial charge in [-0.05, 0) is 41.0 Å². The Morgan fingerprint density at radius 3 is 2.35 bits per heavy atom. The van der Waals surface area contributed by atoms with Gasteiger partial charge in [-0.1, -0.05) is 28.1 Å². The molecular formula is C15H17BrN2O2. The molecular weight excluding hydrogens is 320 g/mol. The smallest absolute Gasteiger partial charge is 0.0812 e. The lowest BCUT2D eigenvalue weighted by atomic mass is 9.94. The Labute approximate surface area is 126 Å². The van der Waals surface area contributed by atoms with E-state index in [2.05, 4.69) is 15.9 Å². The van der Waals surface area contributed by atoms with Crippen LogP contribution in [0.2, 0.25) is 0 Å². The van der Waals surface area contributed by atoms with E-state index in [9.17, 15) is 5.11 Å². The zero-order valence-corrected chi connectivity index (χ0v) is 12.5. The Kier molecular flexibility index (Phi) is 4.65. The molecule has 2 aromatic rings. The summed E-state index contributed by atoms with van der Waals surface area (Å²) in [5.74, 6) is 0. The summed E-state index contributed by atoms with van der Waals surface area (Å²) < 4.78 is 0.982. The number of rotatable bonds is 4. The summed E-state index contributed by atoms with van der Waals surface area (Å²) in [6, 6.07) is 11.3. The van der Waals surface area contributed by atoms with Gasteiger partial charge < -0.3 is 21.7 Å². The topological polar surface area (TPSA) is 92.5 Å². The normalized spacial score (nSPS) is 12.3. The number of nitrogens with two attached hydrogens (primary N) is 2. The molecule has 0 aliphatic rings. The fourth-order valence-corrected chi connectivity index (χ4v) is 2.40. The molecule has 0 spiro atoms. The molecule has 0 aliphatic heterocycles. The first kappa shape index (κ1) is 14.8. The second-order valence-electron chi connectivity index (χ2n) is 4.68.